The third-order valence-corrected chi connectivity index (χ3v) is 4.74. The second-order valence-corrected chi connectivity index (χ2v) is 6.87. The molecule has 0 radical (unpaired) electrons. The second kappa shape index (κ2) is 8.63. The molecule has 0 bridgehead atoms. The van der Waals surface area contributed by atoms with Crippen molar-refractivity contribution in [1.29, 1.82) is 0 Å². The zero-order chi connectivity index (χ0) is 20.1. The van der Waals surface area contributed by atoms with E-state index < -0.39 is 0 Å². The monoisotopic (exact) mass is 399 g/mol. The molecule has 142 valence electrons. The number of benzene rings is 3. The lowest BCUT2D eigenvalue weighted by Gasteiger charge is -2.04. The molecule has 0 aliphatic carbocycles. The van der Waals surface area contributed by atoms with Crippen LogP contribution in [0.15, 0.2) is 95.4 Å². The van der Waals surface area contributed by atoms with Gasteiger partial charge in [-0.2, -0.15) is 0 Å². The van der Waals surface area contributed by atoms with Crippen LogP contribution in [0.1, 0.15) is 21.7 Å². The molecule has 0 spiro atoms. The zero-order valence-corrected chi connectivity index (χ0v) is 16.3. The van der Waals surface area contributed by atoms with Gasteiger partial charge in [0.2, 0.25) is 0 Å². The van der Waals surface area contributed by atoms with Crippen molar-refractivity contribution in [2.24, 2.45) is 0 Å². The molecule has 0 aliphatic rings. The molecule has 0 atom stereocenters. The van der Waals surface area contributed by atoms with Gasteiger partial charge >= 0.3 is 0 Å². The van der Waals surface area contributed by atoms with Crippen LogP contribution in [0, 0.1) is 0 Å². The van der Waals surface area contributed by atoms with Crippen molar-refractivity contribution in [3.05, 3.63) is 113 Å². The first-order valence-corrected chi connectivity index (χ1v) is 9.56. The van der Waals surface area contributed by atoms with Crippen molar-refractivity contribution in [3.63, 3.8) is 0 Å². The van der Waals surface area contributed by atoms with Gasteiger partial charge in [-0.1, -0.05) is 78.4 Å². The lowest BCUT2D eigenvalue weighted by Crippen LogP contribution is -2.10. The highest BCUT2D eigenvalue weighted by molar-refractivity contribution is 6.33. The van der Waals surface area contributed by atoms with Gasteiger partial charge in [-0.05, 0) is 47.5 Å². The Morgan fingerprint density at radius 2 is 1.41 bits per heavy atom. The maximum atomic E-state index is 12.5. The van der Waals surface area contributed by atoms with E-state index in [1.54, 1.807) is 18.2 Å². The largest absolute Gasteiger partial charge is 0.451 e. The number of halogens is 1. The van der Waals surface area contributed by atoms with Gasteiger partial charge < -0.3 is 9.73 Å². The van der Waals surface area contributed by atoms with Crippen LogP contribution in [-0.2, 0) is 0 Å². The van der Waals surface area contributed by atoms with Gasteiger partial charge in [0.05, 0.1) is 5.02 Å². The number of carbonyl (C=O) groups excluding carboxylic acids is 1. The van der Waals surface area contributed by atoms with E-state index in [0.29, 0.717) is 16.5 Å². The highest BCUT2D eigenvalue weighted by Crippen LogP contribution is 2.29. The highest BCUT2D eigenvalue weighted by Gasteiger charge is 2.14. The molecule has 0 fully saturated rings. The second-order valence-electron chi connectivity index (χ2n) is 6.46. The number of furan rings is 1. The molecular weight excluding hydrogens is 382 g/mol. The first-order chi connectivity index (χ1) is 14.2. The minimum Gasteiger partial charge on any atom is -0.451 e. The smallest absolute Gasteiger partial charge is 0.291 e. The number of amides is 1. The lowest BCUT2D eigenvalue weighted by atomic mass is 10.1. The summed E-state index contributed by atoms with van der Waals surface area (Å²) in [6.07, 6.45) is 4.08. The van der Waals surface area contributed by atoms with E-state index in [1.165, 1.54) is 0 Å². The molecule has 29 heavy (non-hydrogen) atoms. The molecule has 1 heterocycles. The molecule has 4 aromatic rings. The quantitative estimate of drug-likeness (QED) is 0.366. The Balaban J connectivity index is 1.42. The van der Waals surface area contributed by atoms with E-state index in [2.05, 4.69) is 5.32 Å². The summed E-state index contributed by atoms with van der Waals surface area (Å²) in [6.45, 7) is 0. The Morgan fingerprint density at radius 3 is 2.14 bits per heavy atom. The summed E-state index contributed by atoms with van der Waals surface area (Å²) < 4.78 is 5.69. The van der Waals surface area contributed by atoms with E-state index >= 15 is 0 Å². The number of anilines is 1. The molecular formula is C25H18ClNO2. The fourth-order valence-electron chi connectivity index (χ4n) is 2.89. The summed E-state index contributed by atoms with van der Waals surface area (Å²) in [5.41, 5.74) is 3.63. The van der Waals surface area contributed by atoms with Gasteiger partial charge in [-0.25, -0.2) is 0 Å². The van der Waals surface area contributed by atoms with Crippen molar-refractivity contribution >= 4 is 35.3 Å². The van der Waals surface area contributed by atoms with Gasteiger partial charge in [-0.15, -0.1) is 0 Å². The zero-order valence-electron chi connectivity index (χ0n) is 15.5. The van der Waals surface area contributed by atoms with Gasteiger partial charge in [0, 0.05) is 11.3 Å². The van der Waals surface area contributed by atoms with Crippen LogP contribution >= 0.6 is 11.6 Å². The van der Waals surface area contributed by atoms with Gasteiger partial charge in [0.15, 0.2) is 5.76 Å². The van der Waals surface area contributed by atoms with Crippen LogP contribution in [0.2, 0.25) is 5.02 Å². The molecule has 0 unspecified atom stereocenters. The predicted molar refractivity (Wildman–Crippen MR) is 119 cm³/mol. The lowest BCUT2D eigenvalue weighted by molar-refractivity contribution is 0.0997. The van der Waals surface area contributed by atoms with Gasteiger partial charge in [-0.3, -0.25) is 4.79 Å². The molecule has 1 amide bonds. The highest BCUT2D eigenvalue weighted by atomic mass is 35.5. The van der Waals surface area contributed by atoms with E-state index in [9.17, 15) is 4.79 Å². The summed E-state index contributed by atoms with van der Waals surface area (Å²) in [4.78, 5) is 12.5. The number of hydrogen-bond acceptors (Lipinski definition) is 2. The van der Waals surface area contributed by atoms with Crippen molar-refractivity contribution < 1.29 is 9.21 Å². The van der Waals surface area contributed by atoms with Crippen LogP contribution in [0.4, 0.5) is 5.69 Å². The number of rotatable bonds is 5. The Kier molecular flexibility index (Phi) is 5.59. The Morgan fingerprint density at radius 1 is 0.759 bits per heavy atom. The minimum atomic E-state index is -0.309. The average Bonchev–Trinajstić information content (AvgIpc) is 3.24. The van der Waals surface area contributed by atoms with Crippen molar-refractivity contribution in [2.75, 3.05) is 5.32 Å². The Bertz CT molecular complexity index is 1140. The third-order valence-electron chi connectivity index (χ3n) is 4.41. The van der Waals surface area contributed by atoms with E-state index in [0.717, 1.165) is 16.7 Å². The van der Waals surface area contributed by atoms with Crippen molar-refractivity contribution in [1.82, 2.24) is 0 Å². The van der Waals surface area contributed by atoms with E-state index in [4.69, 9.17) is 16.0 Å². The van der Waals surface area contributed by atoms with E-state index in [1.807, 2.05) is 84.9 Å². The summed E-state index contributed by atoms with van der Waals surface area (Å²) in [7, 11) is 0. The van der Waals surface area contributed by atoms with Gasteiger partial charge in [0.1, 0.15) is 5.76 Å². The molecule has 0 saturated carbocycles. The van der Waals surface area contributed by atoms with Crippen molar-refractivity contribution in [2.45, 2.75) is 0 Å². The molecule has 1 aromatic heterocycles. The topological polar surface area (TPSA) is 42.2 Å². The van der Waals surface area contributed by atoms with Crippen LogP contribution in [0.25, 0.3) is 23.5 Å². The van der Waals surface area contributed by atoms with Crippen LogP contribution in [-0.4, -0.2) is 5.91 Å². The Labute approximate surface area is 174 Å². The van der Waals surface area contributed by atoms with Crippen LogP contribution in [0.3, 0.4) is 0 Å². The van der Waals surface area contributed by atoms with Crippen LogP contribution in [0.5, 0.6) is 0 Å². The minimum absolute atomic E-state index is 0.230. The Hall–Kier alpha value is -3.56. The number of hydrogen-bond donors (Lipinski definition) is 1. The fraction of sp³-hybridized carbons (Fsp3) is 0. The molecule has 1 N–H and O–H groups in total. The molecule has 0 aliphatic heterocycles. The number of nitrogens with one attached hydrogen (secondary N) is 1. The first-order valence-electron chi connectivity index (χ1n) is 9.18. The normalized spacial score (nSPS) is 10.9. The predicted octanol–water partition coefficient (Wildman–Crippen LogP) is 7.02. The SMILES string of the molecule is O=C(Nc1ccc(/C=C/c2ccccc2)cc1)c1ccc(-c2ccccc2Cl)o1. The standard InChI is InChI=1S/C25H18ClNO2/c26-22-9-5-4-8-21(22)23-16-17-24(29-23)25(28)27-20-14-12-19(13-15-20)11-10-18-6-2-1-3-7-18/h1-17H,(H,27,28)/b11-10+. The number of carbonyl (C=O) groups is 1. The first kappa shape index (κ1) is 18.8. The van der Waals surface area contributed by atoms with Gasteiger partial charge in [0.25, 0.3) is 5.91 Å². The summed E-state index contributed by atoms with van der Waals surface area (Å²) in [5, 5.41) is 3.43. The maximum Gasteiger partial charge on any atom is 0.291 e. The molecule has 3 nitrogen and oxygen atoms in total. The van der Waals surface area contributed by atoms with E-state index in [-0.39, 0.29) is 11.7 Å². The summed E-state index contributed by atoms with van der Waals surface area (Å²) >= 11 is 6.19. The molecule has 4 heteroatoms. The van der Waals surface area contributed by atoms with Crippen molar-refractivity contribution in [3.8, 4) is 11.3 Å². The van der Waals surface area contributed by atoms with Crippen LogP contribution < -0.4 is 5.32 Å². The summed E-state index contributed by atoms with van der Waals surface area (Å²) in [6, 6.07) is 28.5. The molecule has 3 aromatic carbocycles. The summed E-state index contributed by atoms with van der Waals surface area (Å²) in [5.74, 6) is 0.478. The average molecular weight is 400 g/mol. The molecule has 4 rings (SSSR count). The fourth-order valence-corrected chi connectivity index (χ4v) is 3.12. The molecule has 0 saturated heterocycles. The third kappa shape index (κ3) is 4.65. The maximum absolute atomic E-state index is 12.5.